The van der Waals surface area contributed by atoms with E-state index < -0.39 is 8.07 Å². The first-order chi connectivity index (χ1) is 9.50. The van der Waals surface area contributed by atoms with E-state index in [9.17, 15) is 0 Å². The monoisotopic (exact) mass is 422 g/mol. The van der Waals surface area contributed by atoms with Gasteiger partial charge in [-0.2, -0.15) is 0 Å². The average molecular weight is 424 g/mol. The van der Waals surface area contributed by atoms with Gasteiger partial charge in [-0.25, -0.2) is 0 Å². The van der Waals surface area contributed by atoms with Gasteiger partial charge in [0.25, 0.3) is 0 Å². The van der Waals surface area contributed by atoms with Crippen molar-refractivity contribution in [3.8, 4) is 0 Å². The van der Waals surface area contributed by atoms with Gasteiger partial charge in [-0.15, -0.1) is 0 Å². The molecule has 1 aliphatic carbocycles. The van der Waals surface area contributed by atoms with Gasteiger partial charge in [0.2, 0.25) is 0 Å². The second-order valence-electron chi connectivity index (χ2n) is 6.24. The van der Waals surface area contributed by atoms with Crippen LogP contribution in [0.3, 0.4) is 0 Å². The van der Waals surface area contributed by atoms with Crippen molar-refractivity contribution in [2.24, 2.45) is 0 Å². The van der Waals surface area contributed by atoms with Crippen LogP contribution in [0.1, 0.15) is 40.0 Å². The minimum Gasteiger partial charge on any atom is -1.00 e. The zero-order valence-electron chi connectivity index (χ0n) is 14.3. The van der Waals surface area contributed by atoms with Crippen LogP contribution in [-0.4, -0.2) is 8.07 Å². The summed E-state index contributed by atoms with van der Waals surface area (Å²) in [5, 5.41) is 3.35. The summed E-state index contributed by atoms with van der Waals surface area (Å²) in [6.45, 7) is 9.60. The van der Waals surface area contributed by atoms with Gasteiger partial charge >= 0.3 is 137 Å². The molecule has 1 aliphatic rings. The molecule has 0 heterocycles. The molecule has 0 bridgehead atoms. The van der Waals surface area contributed by atoms with E-state index >= 15 is 0 Å². The van der Waals surface area contributed by atoms with Gasteiger partial charge in [0.15, 0.2) is 0 Å². The third kappa shape index (κ3) is 5.49. The summed E-state index contributed by atoms with van der Waals surface area (Å²) >= 11 is 2.31. The fraction of sp³-hybridized carbons (Fsp3) is 0.444. The van der Waals surface area contributed by atoms with Gasteiger partial charge in [0.1, 0.15) is 0 Å². The molecule has 0 saturated carbocycles. The Morgan fingerprint density at radius 3 is 2.04 bits per heavy atom. The summed E-state index contributed by atoms with van der Waals surface area (Å²) in [5.74, 6) is 0. The molecule has 126 valence electrons. The van der Waals surface area contributed by atoms with E-state index in [1.807, 2.05) is 0 Å². The number of unbranched alkanes of at least 4 members (excludes halogenated alkanes) is 1. The van der Waals surface area contributed by atoms with Gasteiger partial charge in [0, 0.05) is 0 Å². The molecule has 23 heavy (non-hydrogen) atoms. The summed E-state index contributed by atoms with van der Waals surface area (Å²) in [6, 6.07) is 12.7. The van der Waals surface area contributed by atoms with E-state index in [1.54, 1.807) is 25.4 Å². The molecule has 0 aliphatic heterocycles. The predicted molar refractivity (Wildman–Crippen MR) is 87.4 cm³/mol. The first-order valence-electron chi connectivity index (χ1n) is 7.68. The number of hydrogen-bond acceptors (Lipinski definition) is 0. The first kappa shape index (κ1) is 25.7. The van der Waals surface area contributed by atoms with Gasteiger partial charge in [-0.05, 0) is 0 Å². The molecule has 0 saturated heterocycles. The van der Waals surface area contributed by atoms with Crippen LogP contribution in [0.25, 0.3) is 0 Å². The number of allylic oxidation sites excluding steroid dienone is 4. The molecule has 0 nitrogen and oxygen atoms in total. The van der Waals surface area contributed by atoms with E-state index in [4.69, 9.17) is 0 Å². The van der Waals surface area contributed by atoms with Crippen molar-refractivity contribution in [3.63, 3.8) is 0 Å². The summed E-state index contributed by atoms with van der Waals surface area (Å²) in [6.07, 6.45) is 3.84. The second-order valence-corrected chi connectivity index (χ2v) is 11.4. The fourth-order valence-electron chi connectivity index (χ4n) is 3.59. The summed E-state index contributed by atoms with van der Waals surface area (Å²) in [4.78, 5) is 0. The molecule has 0 amide bonds. The van der Waals surface area contributed by atoms with Crippen molar-refractivity contribution >= 4 is 13.3 Å². The van der Waals surface area contributed by atoms with E-state index in [2.05, 4.69) is 78.1 Å². The fourth-order valence-corrected chi connectivity index (χ4v) is 9.22. The predicted octanol–water partition coefficient (Wildman–Crippen LogP) is -4.14. The quantitative estimate of drug-likeness (QED) is 0.422. The normalized spacial score (nSPS) is 16.3. The van der Waals surface area contributed by atoms with Crippen LogP contribution in [0.15, 0.2) is 50.6 Å². The zero-order valence-corrected chi connectivity index (χ0v) is 19.2. The maximum atomic E-state index is 2.58. The van der Waals surface area contributed by atoms with E-state index in [0.717, 1.165) is 0 Å². The zero-order chi connectivity index (χ0) is 14.8. The largest absolute Gasteiger partial charge is 1.00 e. The van der Waals surface area contributed by atoms with Gasteiger partial charge in [-0.1, -0.05) is 0 Å². The number of halogens is 3. The molecule has 2 rings (SSSR count). The summed E-state index contributed by atoms with van der Waals surface area (Å²) < 4.78 is 1.59. The van der Waals surface area contributed by atoms with E-state index in [1.165, 1.54) is 25.3 Å². The topological polar surface area (TPSA) is 0 Å². The van der Waals surface area contributed by atoms with Crippen molar-refractivity contribution in [2.45, 2.75) is 52.6 Å². The van der Waals surface area contributed by atoms with Crippen molar-refractivity contribution in [1.29, 1.82) is 0 Å². The Morgan fingerprint density at radius 2 is 1.61 bits per heavy atom. The molecular weight excluding hydrogens is 399 g/mol. The minimum atomic E-state index is -1.56. The third-order valence-electron chi connectivity index (χ3n) is 4.69. The second kappa shape index (κ2) is 11.2. The molecule has 1 unspecified atom stereocenters. The van der Waals surface area contributed by atoms with Gasteiger partial charge in [-0.3, -0.25) is 0 Å². The van der Waals surface area contributed by atoms with Crippen LogP contribution < -0.4 is 42.4 Å². The molecule has 0 N–H and O–H groups in total. The maximum Gasteiger partial charge on any atom is -1.00 e. The van der Waals surface area contributed by atoms with Crippen molar-refractivity contribution in [2.75, 3.05) is 0 Å². The minimum absolute atomic E-state index is 0. The first-order valence-corrected chi connectivity index (χ1v) is 11.2. The van der Waals surface area contributed by atoms with Crippen molar-refractivity contribution in [3.05, 3.63) is 50.6 Å². The number of benzene rings is 1. The Bertz CT molecular complexity index is 555. The number of hydrogen-bond donors (Lipinski definition) is 0. The Labute approximate surface area is 173 Å². The smallest absolute Gasteiger partial charge is 1.00 e. The molecular formula is C18H25Cl3SiTi. The average Bonchev–Trinajstić information content (AvgIpc) is 2.71. The number of rotatable bonds is 5. The van der Waals surface area contributed by atoms with Crippen LogP contribution in [0.2, 0.25) is 12.6 Å². The van der Waals surface area contributed by atoms with Crippen LogP contribution in [0, 0.1) is 0 Å². The Hall–Kier alpha value is 0.501. The van der Waals surface area contributed by atoms with E-state index in [-0.39, 0.29) is 37.2 Å². The van der Waals surface area contributed by atoms with Crippen molar-refractivity contribution in [1.82, 2.24) is 0 Å². The Balaban J connectivity index is 0. The Kier molecular flexibility index (Phi) is 12.5. The molecule has 1 atom stereocenters. The molecule has 0 spiro atoms. The van der Waals surface area contributed by atoms with Crippen molar-refractivity contribution < 1.29 is 57.7 Å². The van der Waals surface area contributed by atoms with Crippen LogP contribution >= 0.6 is 0 Å². The Morgan fingerprint density at radius 1 is 1.04 bits per heavy atom. The van der Waals surface area contributed by atoms with Crippen LogP contribution in [0.4, 0.5) is 0 Å². The maximum absolute atomic E-state index is 2.58. The molecule has 0 aromatic heterocycles. The molecule has 1 aromatic rings. The molecule has 0 fully saturated rings. The SMILES string of the molecule is CCCC[Si](C)(C1=C(C)C[C]([Ti+3])=C1C)c1ccccc1.[Cl-].[Cl-].[Cl-]. The molecule has 5 heteroatoms. The molecule has 1 aromatic carbocycles. The van der Waals surface area contributed by atoms with Crippen LogP contribution in [0.5, 0.6) is 0 Å². The van der Waals surface area contributed by atoms with Crippen LogP contribution in [-0.2, 0) is 20.4 Å². The van der Waals surface area contributed by atoms with Gasteiger partial charge < -0.3 is 37.2 Å². The third-order valence-corrected chi connectivity index (χ3v) is 10.4. The van der Waals surface area contributed by atoms with E-state index in [0.29, 0.717) is 0 Å². The van der Waals surface area contributed by atoms with Gasteiger partial charge in [0.05, 0.1) is 0 Å². The molecule has 0 radical (unpaired) electrons. The standard InChI is InChI=1S/C18H25Si.3ClH.Ti/c1-5-6-14-19(4,17-10-8-7-9-11-17)18-15(2)12-13-16(18)3;;;;/h7-11H,5-6,12,14H2,1-4H3;3*1H;/q;;;;+3/p-3. The summed E-state index contributed by atoms with van der Waals surface area (Å²) in [5.41, 5.74) is 3.23. The summed E-state index contributed by atoms with van der Waals surface area (Å²) in [7, 11) is -1.56.